The Bertz CT molecular complexity index is 984. The molecule has 2 amide bonds. The van der Waals surface area contributed by atoms with E-state index in [0.29, 0.717) is 17.1 Å². The lowest BCUT2D eigenvalue weighted by atomic mass is 10.1. The molecule has 0 fully saturated rings. The molecule has 2 aromatic carbocycles. The van der Waals surface area contributed by atoms with Crippen LogP contribution < -0.4 is 11.1 Å². The van der Waals surface area contributed by atoms with E-state index in [-0.39, 0.29) is 11.5 Å². The van der Waals surface area contributed by atoms with Crippen molar-refractivity contribution in [1.29, 1.82) is 0 Å². The first-order valence-electron chi connectivity index (χ1n) is 7.83. The molecule has 0 aliphatic rings. The summed E-state index contributed by atoms with van der Waals surface area (Å²) in [6.07, 6.45) is 2.42. The van der Waals surface area contributed by atoms with E-state index < -0.39 is 5.91 Å². The number of carbonyl (C=O) groups excluding carboxylic acids is 2. The van der Waals surface area contributed by atoms with Gasteiger partial charge in [0.15, 0.2) is 5.13 Å². The maximum Gasteiger partial charge on any atom is 0.257 e. The molecular weight excluding hydrogens is 370 g/mol. The van der Waals surface area contributed by atoms with Crippen molar-refractivity contribution in [1.82, 2.24) is 4.98 Å². The minimum absolute atomic E-state index is 0.286. The van der Waals surface area contributed by atoms with Gasteiger partial charge in [-0.05, 0) is 42.3 Å². The fraction of sp³-hybridized carbons (Fsp3) is 0.105. The molecule has 0 aliphatic carbocycles. The quantitative estimate of drug-likeness (QED) is 0.694. The molecule has 0 bridgehead atoms. The summed E-state index contributed by atoms with van der Waals surface area (Å²) in [5.74, 6) is -0.916. The second kappa shape index (κ2) is 7.68. The number of primary amides is 1. The van der Waals surface area contributed by atoms with Gasteiger partial charge >= 0.3 is 0 Å². The van der Waals surface area contributed by atoms with E-state index in [4.69, 9.17) is 17.3 Å². The second-order valence-corrected chi connectivity index (χ2v) is 7.31. The lowest BCUT2D eigenvalue weighted by Gasteiger charge is -2.03. The molecule has 1 aromatic heterocycles. The SMILES string of the molecule is Cc1ccc(Cc2cnc(NC(=O)c3cccc(C(N)=O)c3)s2)cc1Cl. The van der Waals surface area contributed by atoms with Crippen molar-refractivity contribution >= 4 is 39.9 Å². The molecule has 0 saturated heterocycles. The summed E-state index contributed by atoms with van der Waals surface area (Å²) in [7, 11) is 0. The lowest BCUT2D eigenvalue weighted by Crippen LogP contribution is -2.15. The normalized spacial score (nSPS) is 10.5. The highest BCUT2D eigenvalue weighted by Gasteiger charge is 2.11. The van der Waals surface area contributed by atoms with Crippen LogP contribution in [0.4, 0.5) is 5.13 Å². The Hall–Kier alpha value is -2.70. The lowest BCUT2D eigenvalue weighted by molar-refractivity contribution is 0.1000. The number of hydrogen-bond donors (Lipinski definition) is 2. The number of aromatic nitrogens is 1. The Balaban J connectivity index is 1.70. The molecule has 0 spiro atoms. The van der Waals surface area contributed by atoms with E-state index >= 15 is 0 Å². The van der Waals surface area contributed by atoms with Crippen LogP contribution in [0.5, 0.6) is 0 Å². The smallest absolute Gasteiger partial charge is 0.257 e. The summed E-state index contributed by atoms with van der Waals surface area (Å²) in [6.45, 7) is 1.96. The van der Waals surface area contributed by atoms with E-state index in [2.05, 4.69) is 10.3 Å². The van der Waals surface area contributed by atoms with Gasteiger partial charge in [0.2, 0.25) is 5.91 Å². The van der Waals surface area contributed by atoms with Crippen molar-refractivity contribution in [3.8, 4) is 0 Å². The Kier molecular flexibility index (Phi) is 5.35. The van der Waals surface area contributed by atoms with Crippen LogP contribution in [0.3, 0.4) is 0 Å². The van der Waals surface area contributed by atoms with Gasteiger partial charge in [-0.25, -0.2) is 4.98 Å². The van der Waals surface area contributed by atoms with Gasteiger partial charge in [-0.1, -0.05) is 29.8 Å². The van der Waals surface area contributed by atoms with Gasteiger partial charge in [0.05, 0.1) is 0 Å². The van der Waals surface area contributed by atoms with Crippen LogP contribution in [0.15, 0.2) is 48.7 Å². The van der Waals surface area contributed by atoms with Gasteiger partial charge in [0.25, 0.3) is 5.91 Å². The zero-order valence-electron chi connectivity index (χ0n) is 14.0. The first-order valence-corrected chi connectivity index (χ1v) is 9.03. The van der Waals surface area contributed by atoms with Crippen molar-refractivity contribution < 1.29 is 9.59 Å². The summed E-state index contributed by atoms with van der Waals surface area (Å²) in [4.78, 5) is 28.8. The van der Waals surface area contributed by atoms with Gasteiger partial charge in [-0.15, -0.1) is 11.3 Å². The number of halogens is 1. The average Bonchev–Trinajstić information content (AvgIpc) is 3.05. The highest BCUT2D eigenvalue weighted by Crippen LogP contribution is 2.24. The van der Waals surface area contributed by atoms with Gasteiger partial charge in [0, 0.05) is 33.6 Å². The fourth-order valence-electron chi connectivity index (χ4n) is 2.38. The number of nitrogens with two attached hydrogens (primary N) is 1. The molecule has 0 atom stereocenters. The Morgan fingerprint density at radius 2 is 1.96 bits per heavy atom. The van der Waals surface area contributed by atoms with Gasteiger partial charge in [-0.3, -0.25) is 14.9 Å². The predicted molar refractivity (Wildman–Crippen MR) is 104 cm³/mol. The van der Waals surface area contributed by atoms with Crippen LogP contribution in [0.25, 0.3) is 0 Å². The molecule has 0 aliphatic heterocycles. The number of amides is 2. The topological polar surface area (TPSA) is 85.1 Å². The van der Waals surface area contributed by atoms with Crippen molar-refractivity contribution in [2.75, 3.05) is 5.32 Å². The number of benzene rings is 2. The van der Waals surface area contributed by atoms with E-state index in [0.717, 1.165) is 21.0 Å². The van der Waals surface area contributed by atoms with Crippen molar-refractivity contribution in [2.45, 2.75) is 13.3 Å². The Morgan fingerprint density at radius 3 is 2.69 bits per heavy atom. The molecule has 0 saturated carbocycles. The molecule has 0 unspecified atom stereocenters. The largest absolute Gasteiger partial charge is 0.366 e. The number of rotatable bonds is 5. The third-order valence-electron chi connectivity index (χ3n) is 3.80. The first-order chi connectivity index (χ1) is 12.4. The van der Waals surface area contributed by atoms with Crippen molar-refractivity contribution in [3.05, 3.63) is 80.8 Å². The molecule has 132 valence electrons. The van der Waals surface area contributed by atoms with Crippen molar-refractivity contribution in [3.63, 3.8) is 0 Å². The van der Waals surface area contributed by atoms with Gasteiger partial charge < -0.3 is 5.73 Å². The molecule has 3 aromatic rings. The number of carbonyl (C=O) groups is 2. The zero-order valence-corrected chi connectivity index (χ0v) is 15.5. The molecule has 1 heterocycles. The maximum atomic E-state index is 12.3. The minimum Gasteiger partial charge on any atom is -0.366 e. The highest BCUT2D eigenvalue weighted by atomic mass is 35.5. The minimum atomic E-state index is -0.576. The molecule has 5 nitrogen and oxygen atoms in total. The summed E-state index contributed by atoms with van der Waals surface area (Å²) >= 11 is 7.55. The van der Waals surface area contributed by atoms with Crippen molar-refractivity contribution in [2.24, 2.45) is 5.73 Å². The van der Waals surface area contributed by atoms with Crippen LogP contribution in [0.1, 0.15) is 36.7 Å². The van der Waals surface area contributed by atoms with E-state index in [1.165, 1.54) is 17.4 Å². The summed E-state index contributed by atoms with van der Waals surface area (Å²) in [5, 5.41) is 3.97. The molecule has 0 radical (unpaired) electrons. The number of thiazole rings is 1. The van der Waals surface area contributed by atoms with E-state index in [1.807, 2.05) is 25.1 Å². The number of hydrogen-bond acceptors (Lipinski definition) is 4. The van der Waals surface area contributed by atoms with Gasteiger partial charge in [0.1, 0.15) is 0 Å². The molecule has 3 N–H and O–H groups in total. The van der Waals surface area contributed by atoms with Crippen LogP contribution in [0.2, 0.25) is 5.02 Å². The van der Waals surface area contributed by atoms with Crippen LogP contribution in [-0.4, -0.2) is 16.8 Å². The van der Waals surface area contributed by atoms with Crippen LogP contribution >= 0.6 is 22.9 Å². The number of aryl methyl sites for hydroxylation is 1. The Labute approximate surface area is 159 Å². The monoisotopic (exact) mass is 385 g/mol. The van der Waals surface area contributed by atoms with E-state index in [1.54, 1.807) is 24.4 Å². The predicted octanol–water partition coefficient (Wildman–Crippen LogP) is 4.05. The number of nitrogens with one attached hydrogen (secondary N) is 1. The summed E-state index contributed by atoms with van der Waals surface area (Å²) < 4.78 is 0. The van der Waals surface area contributed by atoms with Gasteiger partial charge in [-0.2, -0.15) is 0 Å². The zero-order chi connectivity index (χ0) is 18.7. The van der Waals surface area contributed by atoms with Crippen LogP contribution in [0, 0.1) is 6.92 Å². The summed E-state index contributed by atoms with van der Waals surface area (Å²) in [6, 6.07) is 12.2. The standard InChI is InChI=1S/C19H16ClN3O2S/c1-11-5-6-12(8-16(11)20)7-15-10-22-19(26-15)23-18(25)14-4-2-3-13(9-14)17(21)24/h2-6,8-10H,7H2,1H3,(H2,21,24)(H,22,23,25). The average molecular weight is 386 g/mol. The van der Waals surface area contributed by atoms with E-state index in [9.17, 15) is 9.59 Å². The molecule has 26 heavy (non-hydrogen) atoms. The highest BCUT2D eigenvalue weighted by molar-refractivity contribution is 7.15. The Morgan fingerprint density at radius 1 is 1.19 bits per heavy atom. The second-order valence-electron chi connectivity index (χ2n) is 5.79. The third kappa shape index (κ3) is 4.28. The molecule has 7 heteroatoms. The molecular formula is C19H16ClN3O2S. The maximum absolute atomic E-state index is 12.3. The number of anilines is 1. The van der Waals surface area contributed by atoms with Crippen LogP contribution in [-0.2, 0) is 6.42 Å². The first kappa shape index (κ1) is 18.1. The number of nitrogens with zero attached hydrogens (tertiary/aromatic N) is 1. The fourth-order valence-corrected chi connectivity index (χ4v) is 3.42. The summed E-state index contributed by atoms with van der Waals surface area (Å²) in [5.41, 5.74) is 7.99. The third-order valence-corrected chi connectivity index (χ3v) is 5.12. The molecule has 3 rings (SSSR count).